The molecule has 1 N–H and O–H groups in total. The Hall–Kier alpha value is -2.89. The van der Waals surface area contributed by atoms with Gasteiger partial charge in [0.1, 0.15) is 18.2 Å². The Kier molecular flexibility index (Phi) is 3.90. The molecule has 26 heavy (non-hydrogen) atoms. The van der Waals surface area contributed by atoms with Crippen LogP contribution in [0.5, 0.6) is 5.75 Å². The van der Waals surface area contributed by atoms with Crippen LogP contribution in [0.2, 0.25) is 0 Å². The molecule has 4 rings (SSSR count). The van der Waals surface area contributed by atoms with Crippen LogP contribution in [0, 0.1) is 5.82 Å². The lowest BCUT2D eigenvalue weighted by atomic mass is 9.95. The first-order valence-electron chi connectivity index (χ1n) is 8.59. The molecule has 1 fully saturated rings. The van der Waals surface area contributed by atoms with Crippen molar-refractivity contribution in [2.45, 2.75) is 18.3 Å². The van der Waals surface area contributed by atoms with Crippen molar-refractivity contribution in [2.24, 2.45) is 0 Å². The second-order valence-corrected chi connectivity index (χ2v) is 6.83. The van der Waals surface area contributed by atoms with Gasteiger partial charge in [-0.05, 0) is 48.7 Å². The van der Waals surface area contributed by atoms with Crippen LogP contribution in [0.4, 0.5) is 10.1 Å². The van der Waals surface area contributed by atoms with E-state index in [0.717, 1.165) is 18.4 Å². The molecule has 0 saturated heterocycles. The van der Waals surface area contributed by atoms with Crippen LogP contribution < -0.4 is 10.1 Å². The van der Waals surface area contributed by atoms with E-state index in [4.69, 9.17) is 4.74 Å². The van der Waals surface area contributed by atoms with Gasteiger partial charge in [0.2, 0.25) is 5.91 Å². The molecule has 0 atom stereocenters. The van der Waals surface area contributed by atoms with Crippen molar-refractivity contribution in [3.63, 3.8) is 0 Å². The molecule has 2 amide bonds. The molecule has 1 aliphatic carbocycles. The number of benzene rings is 2. The molecule has 0 radical (unpaired) electrons. The molecule has 5 nitrogen and oxygen atoms in total. The van der Waals surface area contributed by atoms with Gasteiger partial charge in [0.05, 0.1) is 17.5 Å². The number of halogens is 1. The maximum atomic E-state index is 13.2. The topological polar surface area (TPSA) is 58.6 Å². The number of hydrogen-bond donors (Lipinski definition) is 1. The number of hydrogen-bond acceptors (Lipinski definition) is 3. The molecule has 1 heterocycles. The van der Waals surface area contributed by atoms with Crippen LogP contribution in [-0.2, 0) is 10.2 Å². The molecule has 0 spiro atoms. The van der Waals surface area contributed by atoms with E-state index in [2.05, 4.69) is 5.32 Å². The quantitative estimate of drug-likeness (QED) is 0.922. The van der Waals surface area contributed by atoms with Gasteiger partial charge < -0.3 is 15.0 Å². The summed E-state index contributed by atoms with van der Waals surface area (Å²) < 4.78 is 18.8. The summed E-state index contributed by atoms with van der Waals surface area (Å²) in [6.45, 7) is 0.956. The van der Waals surface area contributed by atoms with Crippen LogP contribution in [0.3, 0.4) is 0 Å². The van der Waals surface area contributed by atoms with Crippen LogP contribution in [-0.4, -0.2) is 36.9 Å². The van der Waals surface area contributed by atoms with Gasteiger partial charge >= 0.3 is 0 Å². The van der Waals surface area contributed by atoms with Crippen molar-refractivity contribution in [3.05, 3.63) is 59.4 Å². The smallest absolute Gasteiger partial charge is 0.257 e. The number of nitrogens with zero attached hydrogens (tertiary/aromatic N) is 1. The van der Waals surface area contributed by atoms with E-state index < -0.39 is 5.41 Å². The van der Waals surface area contributed by atoms with Crippen molar-refractivity contribution in [2.75, 3.05) is 25.5 Å². The molecule has 0 unspecified atom stereocenters. The summed E-state index contributed by atoms with van der Waals surface area (Å²) in [6, 6.07) is 11.2. The number of carbonyl (C=O) groups is 2. The number of rotatable bonds is 3. The average Bonchev–Trinajstić information content (AvgIpc) is 3.45. The lowest BCUT2D eigenvalue weighted by Crippen LogP contribution is -2.29. The van der Waals surface area contributed by atoms with Gasteiger partial charge in [-0.3, -0.25) is 9.59 Å². The number of carbonyl (C=O) groups excluding carboxylic acids is 2. The largest absolute Gasteiger partial charge is 0.491 e. The molecule has 6 heteroatoms. The Bertz CT molecular complexity index is 875. The van der Waals surface area contributed by atoms with Crippen molar-refractivity contribution in [1.82, 2.24) is 4.90 Å². The summed E-state index contributed by atoms with van der Waals surface area (Å²) in [5.41, 5.74) is 1.19. The lowest BCUT2D eigenvalue weighted by molar-refractivity contribution is -0.118. The van der Waals surface area contributed by atoms with Gasteiger partial charge in [0, 0.05) is 12.7 Å². The second kappa shape index (κ2) is 6.12. The monoisotopic (exact) mass is 354 g/mol. The molecule has 2 aromatic rings. The summed E-state index contributed by atoms with van der Waals surface area (Å²) in [4.78, 5) is 26.9. The van der Waals surface area contributed by atoms with Gasteiger partial charge in [-0.1, -0.05) is 12.1 Å². The van der Waals surface area contributed by atoms with Gasteiger partial charge in [0.25, 0.3) is 5.91 Å². The summed E-state index contributed by atoms with van der Waals surface area (Å²) >= 11 is 0. The minimum Gasteiger partial charge on any atom is -0.491 e. The number of likely N-dealkylation sites (N-methyl/N-ethyl adjacent to an activating group) is 1. The summed E-state index contributed by atoms with van der Waals surface area (Å²) in [7, 11) is 1.72. The fourth-order valence-corrected chi connectivity index (χ4v) is 3.29. The van der Waals surface area contributed by atoms with Crippen LogP contribution >= 0.6 is 0 Å². The molecule has 2 aromatic carbocycles. The van der Waals surface area contributed by atoms with Gasteiger partial charge in [-0.15, -0.1) is 0 Å². The first kappa shape index (κ1) is 16.6. The molecular weight excluding hydrogens is 335 g/mol. The highest BCUT2D eigenvalue weighted by molar-refractivity contribution is 6.03. The molecule has 0 bridgehead atoms. The summed E-state index contributed by atoms with van der Waals surface area (Å²) in [6.07, 6.45) is 1.44. The van der Waals surface area contributed by atoms with Crippen molar-refractivity contribution >= 4 is 17.5 Å². The zero-order valence-corrected chi connectivity index (χ0v) is 14.4. The Labute approximate surface area is 150 Å². The van der Waals surface area contributed by atoms with E-state index in [0.29, 0.717) is 30.2 Å². The zero-order valence-electron chi connectivity index (χ0n) is 14.4. The van der Waals surface area contributed by atoms with Crippen LogP contribution in [0.1, 0.15) is 28.8 Å². The Morgan fingerprint density at radius 2 is 1.92 bits per heavy atom. The van der Waals surface area contributed by atoms with E-state index in [1.165, 1.54) is 12.1 Å². The predicted molar refractivity (Wildman–Crippen MR) is 94.8 cm³/mol. The third kappa shape index (κ3) is 2.81. The molecule has 1 aliphatic heterocycles. The highest BCUT2D eigenvalue weighted by atomic mass is 19.1. The second-order valence-electron chi connectivity index (χ2n) is 6.83. The number of amides is 2. The van der Waals surface area contributed by atoms with Crippen molar-refractivity contribution in [1.29, 1.82) is 0 Å². The Morgan fingerprint density at radius 3 is 2.62 bits per heavy atom. The zero-order chi connectivity index (χ0) is 18.3. The first-order valence-corrected chi connectivity index (χ1v) is 8.59. The van der Waals surface area contributed by atoms with Crippen molar-refractivity contribution < 1.29 is 18.7 Å². The number of fused-ring (bicyclic) bond motifs is 1. The average molecular weight is 354 g/mol. The fraction of sp³-hybridized carbons (Fsp3) is 0.300. The third-order valence-electron chi connectivity index (χ3n) is 5.08. The normalized spacial score (nSPS) is 17.8. The highest BCUT2D eigenvalue weighted by Gasteiger charge is 2.51. The van der Waals surface area contributed by atoms with Crippen molar-refractivity contribution in [3.8, 4) is 5.75 Å². The number of anilines is 1. The molecule has 134 valence electrons. The predicted octanol–water partition coefficient (Wildman–Crippen LogP) is 2.96. The lowest BCUT2D eigenvalue weighted by Gasteiger charge is -2.17. The van der Waals surface area contributed by atoms with Gasteiger partial charge in [-0.25, -0.2) is 4.39 Å². The van der Waals surface area contributed by atoms with E-state index in [1.807, 2.05) is 0 Å². The first-order chi connectivity index (χ1) is 12.5. The standard InChI is InChI=1S/C20H19FN2O3/c1-23-10-11-26-17-7-6-15(12-16(17)18(23)24)22-19(25)20(8-9-20)13-2-4-14(21)5-3-13/h2-7,12H,8-11H2,1H3,(H,22,25). The van der Waals surface area contributed by atoms with E-state index in [1.54, 1.807) is 42.3 Å². The third-order valence-corrected chi connectivity index (χ3v) is 5.08. The van der Waals surface area contributed by atoms with Gasteiger partial charge in [0.15, 0.2) is 0 Å². The summed E-state index contributed by atoms with van der Waals surface area (Å²) in [5, 5.41) is 2.90. The number of ether oxygens (including phenoxy) is 1. The van der Waals surface area contributed by atoms with Gasteiger partial charge in [-0.2, -0.15) is 0 Å². The Morgan fingerprint density at radius 1 is 1.19 bits per heavy atom. The maximum Gasteiger partial charge on any atom is 0.257 e. The minimum absolute atomic E-state index is 0.131. The molecule has 1 saturated carbocycles. The Balaban J connectivity index is 1.58. The van der Waals surface area contributed by atoms with E-state index in [9.17, 15) is 14.0 Å². The minimum atomic E-state index is -0.613. The fourth-order valence-electron chi connectivity index (χ4n) is 3.29. The van der Waals surface area contributed by atoms with E-state index >= 15 is 0 Å². The maximum absolute atomic E-state index is 13.2. The molecule has 2 aliphatic rings. The number of nitrogens with one attached hydrogen (secondary N) is 1. The SMILES string of the molecule is CN1CCOc2ccc(NC(=O)C3(c4ccc(F)cc4)CC3)cc2C1=O. The highest BCUT2D eigenvalue weighted by Crippen LogP contribution is 2.49. The van der Waals surface area contributed by atoms with Crippen LogP contribution in [0.15, 0.2) is 42.5 Å². The molecular formula is C20H19FN2O3. The summed E-state index contributed by atoms with van der Waals surface area (Å²) in [5.74, 6) is -0.0666. The molecule has 0 aromatic heterocycles. The van der Waals surface area contributed by atoms with E-state index in [-0.39, 0.29) is 17.6 Å². The van der Waals surface area contributed by atoms with Crippen LogP contribution in [0.25, 0.3) is 0 Å².